The molecule has 0 aromatic carbocycles. The lowest BCUT2D eigenvalue weighted by Crippen LogP contribution is -2.24. The standard InChI is InChI=1S/C8H14O4/c1-5(2)4-7(9)12-6(3)8(10)11/h5-6H,4H2,1-3H3,(H,10,11). The number of rotatable bonds is 4. The van der Waals surface area contributed by atoms with Crippen molar-refractivity contribution in [3.8, 4) is 0 Å². The lowest BCUT2D eigenvalue weighted by atomic mass is 10.1. The van der Waals surface area contributed by atoms with E-state index in [9.17, 15) is 9.59 Å². The molecule has 0 rings (SSSR count). The van der Waals surface area contributed by atoms with Gasteiger partial charge in [0.25, 0.3) is 0 Å². The summed E-state index contributed by atoms with van der Waals surface area (Å²) in [6, 6.07) is 0. The molecule has 0 fully saturated rings. The van der Waals surface area contributed by atoms with Crippen LogP contribution in [0.25, 0.3) is 0 Å². The molecule has 4 heteroatoms. The van der Waals surface area contributed by atoms with Crippen molar-refractivity contribution in [3.63, 3.8) is 0 Å². The summed E-state index contributed by atoms with van der Waals surface area (Å²) in [5.74, 6) is -1.38. The van der Waals surface area contributed by atoms with Crippen molar-refractivity contribution < 1.29 is 19.4 Å². The molecule has 0 heterocycles. The smallest absolute Gasteiger partial charge is 0.344 e. The topological polar surface area (TPSA) is 63.6 Å². The molecule has 0 bridgehead atoms. The van der Waals surface area contributed by atoms with Gasteiger partial charge in [-0.25, -0.2) is 4.79 Å². The highest BCUT2D eigenvalue weighted by atomic mass is 16.6. The molecular weight excluding hydrogens is 160 g/mol. The molecule has 0 aliphatic rings. The SMILES string of the molecule is CC(C)CC(=O)OC(C)C(=O)O. The van der Waals surface area contributed by atoms with Crippen LogP contribution in [0.15, 0.2) is 0 Å². The zero-order valence-corrected chi connectivity index (χ0v) is 7.53. The molecule has 1 unspecified atom stereocenters. The Bertz CT molecular complexity index is 174. The van der Waals surface area contributed by atoms with Crippen molar-refractivity contribution >= 4 is 11.9 Å². The van der Waals surface area contributed by atoms with Crippen LogP contribution < -0.4 is 0 Å². The average Bonchev–Trinajstić information content (AvgIpc) is 1.84. The van der Waals surface area contributed by atoms with Gasteiger partial charge in [0.05, 0.1) is 0 Å². The van der Waals surface area contributed by atoms with E-state index in [1.165, 1.54) is 6.92 Å². The van der Waals surface area contributed by atoms with Crippen LogP contribution in [0.5, 0.6) is 0 Å². The van der Waals surface area contributed by atoms with Gasteiger partial charge in [-0.2, -0.15) is 0 Å². The molecule has 4 nitrogen and oxygen atoms in total. The van der Waals surface area contributed by atoms with Crippen LogP contribution in [0.4, 0.5) is 0 Å². The van der Waals surface area contributed by atoms with Gasteiger partial charge in [-0.05, 0) is 12.8 Å². The summed E-state index contributed by atoms with van der Waals surface area (Å²) in [7, 11) is 0. The predicted molar refractivity (Wildman–Crippen MR) is 42.6 cm³/mol. The molecule has 70 valence electrons. The van der Waals surface area contributed by atoms with Crippen molar-refractivity contribution in [1.82, 2.24) is 0 Å². The van der Waals surface area contributed by atoms with E-state index in [-0.39, 0.29) is 12.3 Å². The fourth-order valence-corrected chi connectivity index (χ4v) is 0.629. The molecule has 0 aliphatic carbocycles. The summed E-state index contributed by atoms with van der Waals surface area (Å²) in [5.41, 5.74) is 0. The van der Waals surface area contributed by atoms with E-state index in [0.29, 0.717) is 0 Å². The minimum atomic E-state index is -1.12. The predicted octanol–water partition coefficient (Wildman–Crippen LogP) is 1.05. The first kappa shape index (κ1) is 10.9. The van der Waals surface area contributed by atoms with E-state index in [1.807, 2.05) is 13.8 Å². The summed E-state index contributed by atoms with van der Waals surface area (Å²) < 4.78 is 4.58. The maximum atomic E-state index is 10.9. The van der Waals surface area contributed by atoms with Crippen LogP contribution in [-0.4, -0.2) is 23.1 Å². The maximum absolute atomic E-state index is 10.9. The molecule has 0 aromatic rings. The fourth-order valence-electron chi connectivity index (χ4n) is 0.629. The van der Waals surface area contributed by atoms with Gasteiger partial charge in [0.15, 0.2) is 6.10 Å². The lowest BCUT2D eigenvalue weighted by Gasteiger charge is -2.09. The highest BCUT2D eigenvalue weighted by molar-refractivity contribution is 5.77. The highest BCUT2D eigenvalue weighted by Crippen LogP contribution is 2.03. The van der Waals surface area contributed by atoms with Crippen molar-refractivity contribution in [2.75, 3.05) is 0 Å². The van der Waals surface area contributed by atoms with E-state index < -0.39 is 18.0 Å². The van der Waals surface area contributed by atoms with Crippen LogP contribution in [0.3, 0.4) is 0 Å². The Morgan fingerprint density at radius 1 is 1.33 bits per heavy atom. The second-order valence-electron chi connectivity index (χ2n) is 3.07. The Hall–Kier alpha value is -1.06. The van der Waals surface area contributed by atoms with Gasteiger partial charge in [-0.3, -0.25) is 4.79 Å². The molecule has 1 atom stereocenters. The number of aliphatic carboxylic acids is 1. The Kier molecular flexibility index (Phi) is 4.33. The van der Waals surface area contributed by atoms with Gasteiger partial charge in [-0.1, -0.05) is 13.8 Å². The third kappa shape index (κ3) is 4.71. The van der Waals surface area contributed by atoms with E-state index in [4.69, 9.17) is 5.11 Å². The summed E-state index contributed by atoms with van der Waals surface area (Å²) in [6.45, 7) is 5.07. The largest absolute Gasteiger partial charge is 0.479 e. The van der Waals surface area contributed by atoms with Crippen molar-refractivity contribution in [2.24, 2.45) is 5.92 Å². The van der Waals surface area contributed by atoms with Gasteiger partial charge in [0.2, 0.25) is 0 Å². The average molecular weight is 174 g/mol. The number of carbonyl (C=O) groups is 2. The molecule has 0 saturated carbocycles. The van der Waals surface area contributed by atoms with E-state index in [0.717, 1.165) is 0 Å². The van der Waals surface area contributed by atoms with Gasteiger partial charge in [0, 0.05) is 6.42 Å². The zero-order valence-electron chi connectivity index (χ0n) is 7.53. The van der Waals surface area contributed by atoms with Gasteiger partial charge in [0.1, 0.15) is 0 Å². The maximum Gasteiger partial charge on any atom is 0.344 e. The third-order valence-electron chi connectivity index (χ3n) is 1.23. The van der Waals surface area contributed by atoms with Crippen molar-refractivity contribution in [3.05, 3.63) is 0 Å². The van der Waals surface area contributed by atoms with Gasteiger partial charge >= 0.3 is 11.9 Å². The number of hydrogen-bond acceptors (Lipinski definition) is 3. The molecule has 0 spiro atoms. The monoisotopic (exact) mass is 174 g/mol. The van der Waals surface area contributed by atoms with E-state index in [2.05, 4.69) is 4.74 Å². The number of carboxylic acid groups (broad SMARTS) is 1. The Morgan fingerprint density at radius 3 is 2.17 bits per heavy atom. The first-order chi connectivity index (χ1) is 5.43. The number of carbonyl (C=O) groups excluding carboxylic acids is 1. The van der Waals surface area contributed by atoms with Crippen LogP contribution >= 0.6 is 0 Å². The Morgan fingerprint density at radius 2 is 1.83 bits per heavy atom. The fraction of sp³-hybridized carbons (Fsp3) is 0.750. The zero-order chi connectivity index (χ0) is 9.72. The molecule has 0 aliphatic heterocycles. The Balaban J connectivity index is 3.77. The molecular formula is C8H14O4. The Labute approximate surface area is 71.5 Å². The van der Waals surface area contributed by atoms with Gasteiger partial charge in [-0.15, -0.1) is 0 Å². The minimum absolute atomic E-state index is 0.193. The number of esters is 1. The molecule has 0 aromatic heterocycles. The summed E-state index contributed by atoms with van der Waals surface area (Å²) >= 11 is 0. The van der Waals surface area contributed by atoms with Crippen LogP contribution in [0, 0.1) is 5.92 Å². The minimum Gasteiger partial charge on any atom is -0.479 e. The quantitative estimate of drug-likeness (QED) is 0.647. The van der Waals surface area contributed by atoms with Crippen molar-refractivity contribution in [2.45, 2.75) is 33.3 Å². The summed E-state index contributed by atoms with van der Waals surface area (Å²) in [5, 5.41) is 8.39. The van der Waals surface area contributed by atoms with Crippen LogP contribution in [0.2, 0.25) is 0 Å². The second-order valence-corrected chi connectivity index (χ2v) is 3.07. The van der Waals surface area contributed by atoms with Crippen LogP contribution in [0.1, 0.15) is 27.2 Å². The molecule has 12 heavy (non-hydrogen) atoms. The number of ether oxygens (including phenoxy) is 1. The second kappa shape index (κ2) is 4.74. The molecule has 0 amide bonds. The molecule has 0 saturated heterocycles. The molecule has 1 N–H and O–H groups in total. The van der Waals surface area contributed by atoms with E-state index >= 15 is 0 Å². The van der Waals surface area contributed by atoms with Crippen LogP contribution in [-0.2, 0) is 14.3 Å². The summed E-state index contributed by atoms with van der Waals surface area (Å²) in [6.07, 6.45) is -0.784. The normalized spacial score (nSPS) is 12.7. The molecule has 0 radical (unpaired) electrons. The lowest BCUT2D eigenvalue weighted by molar-refractivity contribution is -0.163. The van der Waals surface area contributed by atoms with Gasteiger partial charge < -0.3 is 9.84 Å². The third-order valence-corrected chi connectivity index (χ3v) is 1.23. The number of carboxylic acids is 1. The summed E-state index contributed by atoms with van der Waals surface area (Å²) in [4.78, 5) is 21.1. The highest BCUT2D eigenvalue weighted by Gasteiger charge is 2.16. The van der Waals surface area contributed by atoms with Crippen molar-refractivity contribution in [1.29, 1.82) is 0 Å². The van der Waals surface area contributed by atoms with E-state index in [1.54, 1.807) is 0 Å². The first-order valence-electron chi connectivity index (χ1n) is 3.85. The first-order valence-corrected chi connectivity index (χ1v) is 3.85. The number of hydrogen-bond donors (Lipinski definition) is 1.